The molecule has 0 saturated heterocycles. The minimum absolute atomic E-state index is 0.218. The zero-order valence-electron chi connectivity index (χ0n) is 10.5. The SMILES string of the molecule is Cc1ncc(Cn2c(=S)[nH]c3cc(F)c(C)cc32)s1. The van der Waals surface area contributed by atoms with Gasteiger partial charge >= 0.3 is 0 Å². The van der Waals surface area contributed by atoms with Crippen LogP contribution in [0.2, 0.25) is 0 Å². The molecule has 0 aliphatic heterocycles. The average Bonchev–Trinajstić information content (AvgIpc) is 2.87. The summed E-state index contributed by atoms with van der Waals surface area (Å²) in [6.07, 6.45) is 1.86. The van der Waals surface area contributed by atoms with Gasteiger partial charge < -0.3 is 9.55 Å². The van der Waals surface area contributed by atoms with E-state index in [-0.39, 0.29) is 5.82 Å². The van der Waals surface area contributed by atoms with E-state index in [0.29, 0.717) is 16.9 Å². The van der Waals surface area contributed by atoms with Gasteiger partial charge in [-0.2, -0.15) is 0 Å². The lowest BCUT2D eigenvalue weighted by molar-refractivity contribution is 0.620. The molecule has 98 valence electrons. The standard InChI is InChI=1S/C13H12FN3S2/c1-7-3-12-11(4-10(7)14)16-13(18)17(12)6-9-5-15-8(2)19-9/h3-5H,6H2,1-2H3,(H,16,18). The molecule has 0 unspecified atom stereocenters. The smallest absolute Gasteiger partial charge is 0.178 e. The van der Waals surface area contributed by atoms with E-state index in [1.165, 1.54) is 6.07 Å². The summed E-state index contributed by atoms with van der Waals surface area (Å²) in [6.45, 7) is 4.39. The van der Waals surface area contributed by atoms with E-state index in [9.17, 15) is 4.39 Å². The molecule has 0 saturated carbocycles. The van der Waals surface area contributed by atoms with Gasteiger partial charge in [0.2, 0.25) is 0 Å². The van der Waals surface area contributed by atoms with Crippen molar-refractivity contribution in [3.8, 4) is 0 Å². The van der Waals surface area contributed by atoms with Gasteiger partial charge in [-0.1, -0.05) is 0 Å². The molecule has 3 aromatic rings. The number of halogens is 1. The number of fused-ring (bicyclic) bond motifs is 1. The van der Waals surface area contributed by atoms with Gasteiger partial charge in [0.1, 0.15) is 5.82 Å². The van der Waals surface area contributed by atoms with Crippen molar-refractivity contribution in [2.75, 3.05) is 0 Å². The normalized spacial score (nSPS) is 11.3. The molecule has 19 heavy (non-hydrogen) atoms. The summed E-state index contributed by atoms with van der Waals surface area (Å²) < 4.78 is 16.1. The molecule has 3 nitrogen and oxygen atoms in total. The number of thiazole rings is 1. The maximum atomic E-state index is 13.5. The molecule has 1 aromatic carbocycles. The maximum Gasteiger partial charge on any atom is 0.178 e. The van der Waals surface area contributed by atoms with Crippen LogP contribution in [0.5, 0.6) is 0 Å². The first-order valence-electron chi connectivity index (χ1n) is 5.84. The fraction of sp³-hybridized carbons (Fsp3) is 0.231. The van der Waals surface area contributed by atoms with Gasteiger partial charge in [-0.15, -0.1) is 11.3 Å². The Morgan fingerprint density at radius 2 is 2.21 bits per heavy atom. The Kier molecular flexibility index (Phi) is 2.99. The Bertz CT molecular complexity index is 813. The van der Waals surface area contributed by atoms with Gasteiger partial charge in [0.25, 0.3) is 0 Å². The third-order valence-electron chi connectivity index (χ3n) is 3.04. The Balaban J connectivity index is 2.15. The Labute approximate surface area is 118 Å². The van der Waals surface area contributed by atoms with Crippen LogP contribution in [-0.4, -0.2) is 14.5 Å². The highest BCUT2D eigenvalue weighted by Crippen LogP contribution is 2.21. The molecule has 0 amide bonds. The van der Waals surface area contributed by atoms with Gasteiger partial charge in [0.15, 0.2) is 4.77 Å². The molecule has 0 aliphatic rings. The maximum absolute atomic E-state index is 13.5. The van der Waals surface area contributed by atoms with E-state index in [1.807, 2.05) is 23.8 Å². The van der Waals surface area contributed by atoms with E-state index >= 15 is 0 Å². The second-order valence-corrected chi connectivity index (χ2v) is 6.19. The van der Waals surface area contributed by atoms with Crippen LogP contribution in [0, 0.1) is 24.4 Å². The highest BCUT2D eigenvalue weighted by Gasteiger charge is 2.09. The molecule has 3 rings (SSSR count). The summed E-state index contributed by atoms with van der Waals surface area (Å²) in [6, 6.07) is 3.32. The van der Waals surface area contributed by atoms with Crippen molar-refractivity contribution in [2.24, 2.45) is 0 Å². The van der Waals surface area contributed by atoms with Crippen molar-refractivity contribution in [1.82, 2.24) is 14.5 Å². The minimum Gasteiger partial charge on any atom is -0.330 e. The van der Waals surface area contributed by atoms with E-state index in [4.69, 9.17) is 12.2 Å². The van der Waals surface area contributed by atoms with Gasteiger partial charge in [-0.05, 0) is 43.8 Å². The Morgan fingerprint density at radius 1 is 1.42 bits per heavy atom. The van der Waals surface area contributed by atoms with E-state index in [1.54, 1.807) is 18.3 Å². The van der Waals surface area contributed by atoms with Crippen molar-refractivity contribution in [3.63, 3.8) is 0 Å². The summed E-state index contributed by atoms with van der Waals surface area (Å²) in [5, 5.41) is 1.03. The van der Waals surface area contributed by atoms with Crippen LogP contribution in [0.4, 0.5) is 4.39 Å². The number of aromatic amines is 1. The first kappa shape index (κ1) is 12.5. The number of hydrogen-bond acceptors (Lipinski definition) is 3. The largest absolute Gasteiger partial charge is 0.330 e. The second-order valence-electron chi connectivity index (χ2n) is 4.48. The number of nitrogens with zero attached hydrogens (tertiary/aromatic N) is 2. The first-order valence-corrected chi connectivity index (χ1v) is 7.07. The fourth-order valence-corrected chi connectivity index (χ4v) is 3.13. The average molecular weight is 293 g/mol. The predicted octanol–water partition coefficient (Wildman–Crippen LogP) is 3.96. The molecule has 1 N–H and O–H groups in total. The van der Waals surface area contributed by atoms with Crippen molar-refractivity contribution < 1.29 is 4.39 Å². The van der Waals surface area contributed by atoms with Gasteiger partial charge in [0, 0.05) is 11.1 Å². The van der Waals surface area contributed by atoms with E-state index in [0.717, 1.165) is 20.9 Å². The molecule has 0 fully saturated rings. The van der Waals surface area contributed by atoms with Crippen molar-refractivity contribution >= 4 is 34.6 Å². The van der Waals surface area contributed by atoms with E-state index < -0.39 is 0 Å². The molecule has 0 aliphatic carbocycles. The fourth-order valence-electron chi connectivity index (χ4n) is 2.07. The molecule has 0 spiro atoms. The monoisotopic (exact) mass is 293 g/mol. The van der Waals surface area contributed by atoms with E-state index in [2.05, 4.69) is 9.97 Å². The number of benzene rings is 1. The van der Waals surface area contributed by atoms with Crippen LogP contribution in [0.25, 0.3) is 11.0 Å². The van der Waals surface area contributed by atoms with Crippen LogP contribution in [-0.2, 0) is 6.54 Å². The zero-order valence-corrected chi connectivity index (χ0v) is 12.2. The van der Waals surface area contributed by atoms with Crippen molar-refractivity contribution in [3.05, 3.63) is 44.4 Å². The third-order valence-corrected chi connectivity index (χ3v) is 4.26. The zero-order chi connectivity index (χ0) is 13.6. The Hall–Kier alpha value is -1.53. The van der Waals surface area contributed by atoms with Crippen LogP contribution >= 0.6 is 23.6 Å². The lowest BCUT2D eigenvalue weighted by Crippen LogP contribution is -1.98. The molecule has 0 bridgehead atoms. The molecule has 2 heterocycles. The summed E-state index contributed by atoms with van der Waals surface area (Å²) in [4.78, 5) is 8.42. The second kappa shape index (κ2) is 4.54. The first-order chi connectivity index (χ1) is 9.04. The summed E-state index contributed by atoms with van der Waals surface area (Å²) >= 11 is 6.96. The number of rotatable bonds is 2. The highest BCUT2D eigenvalue weighted by atomic mass is 32.1. The van der Waals surface area contributed by atoms with Crippen LogP contribution in [0.15, 0.2) is 18.3 Å². The highest BCUT2D eigenvalue weighted by molar-refractivity contribution is 7.71. The summed E-state index contributed by atoms with van der Waals surface area (Å²) in [7, 11) is 0. The lowest BCUT2D eigenvalue weighted by Gasteiger charge is -2.03. The van der Waals surface area contributed by atoms with Gasteiger partial charge in [-0.25, -0.2) is 9.37 Å². The minimum atomic E-state index is -0.218. The van der Waals surface area contributed by atoms with Crippen LogP contribution < -0.4 is 0 Å². The van der Waals surface area contributed by atoms with Crippen LogP contribution in [0.3, 0.4) is 0 Å². The number of hydrogen-bond donors (Lipinski definition) is 1. The molecular weight excluding hydrogens is 281 g/mol. The predicted molar refractivity (Wildman–Crippen MR) is 77.8 cm³/mol. The summed E-state index contributed by atoms with van der Waals surface area (Å²) in [5.74, 6) is -0.218. The molecule has 0 atom stereocenters. The van der Waals surface area contributed by atoms with Gasteiger partial charge in [-0.3, -0.25) is 0 Å². The number of aromatic nitrogens is 3. The summed E-state index contributed by atoms with van der Waals surface area (Å²) in [5.41, 5.74) is 2.28. The van der Waals surface area contributed by atoms with Crippen molar-refractivity contribution in [1.29, 1.82) is 0 Å². The number of imidazole rings is 1. The molecule has 6 heteroatoms. The van der Waals surface area contributed by atoms with Gasteiger partial charge in [0.05, 0.1) is 22.6 Å². The topological polar surface area (TPSA) is 33.6 Å². The number of aryl methyl sites for hydroxylation is 2. The Morgan fingerprint density at radius 3 is 2.89 bits per heavy atom. The number of nitrogens with one attached hydrogen (secondary N) is 1. The van der Waals surface area contributed by atoms with Crippen molar-refractivity contribution in [2.45, 2.75) is 20.4 Å². The quantitative estimate of drug-likeness (QED) is 0.726. The molecular formula is C13H12FN3S2. The molecule has 2 aromatic heterocycles. The number of H-pyrrole nitrogens is 1. The third kappa shape index (κ3) is 2.21. The lowest BCUT2D eigenvalue weighted by atomic mass is 10.2. The molecule has 0 radical (unpaired) electrons. The van der Waals surface area contributed by atoms with Crippen LogP contribution in [0.1, 0.15) is 15.4 Å².